The van der Waals surface area contributed by atoms with Crippen LogP contribution in [0.4, 0.5) is 17.2 Å². The van der Waals surface area contributed by atoms with E-state index in [1.165, 1.54) is 12.8 Å². The average molecular weight is 405 g/mol. The highest BCUT2D eigenvalue weighted by molar-refractivity contribution is 5.84. The number of aromatic nitrogens is 1. The SMILES string of the molecule is CC(C)N(CC1CC1)c1ncc(C2(C(=O)O)CCC2)cc1Nc1ccc(C#N)cc1. The molecule has 0 radical (unpaired) electrons. The van der Waals surface area contributed by atoms with Crippen molar-refractivity contribution in [2.24, 2.45) is 5.92 Å². The standard InChI is InChI=1S/C24H28N4O2/c1-16(2)28(15-18-4-5-18)22-21(27-20-8-6-17(13-25)7-9-20)12-19(14-26-22)24(23(29)30)10-3-11-24/h6-9,12,14,16,18,27H,3-5,10-11,15H2,1-2H3,(H,29,30). The van der Waals surface area contributed by atoms with Gasteiger partial charge in [0, 0.05) is 24.5 Å². The molecule has 30 heavy (non-hydrogen) atoms. The number of carbonyl (C=O) groups is 1. The molecule has 2 aliphatic carbocycles. The Morgan fingerprint density at radius 1 is 1.33 bits per heavy atom. The number of hydrogen-bond donors (Lipinski definition) is 2. The van der Waals surface area contributed by atoms with Crippen molar-refractivity contribution in [2.45, 2.75) is 57.4 Å². The van der Waals surface area contributed by atoms with Gasteiger partial charge in [-0.25, -0.2) is 4.98 Å². The van der Waals surface area contributed by atoms with Crippen LogP contribution in [0, 0.1) is 17.2 Å². The van der Waals surface area contributed by atoms with Crippen molar-refractivity contribution in [1.29, 1.82) is 5.26 Å². The van der Waals surface area contributed by atoms with Gasteiger partial charge in [0.2, 0.25) is 0 Å². The van der Waals surface area contributed by atoms with Gasteiger partial charge in [-0.1, -0.05) is 6.42 Å². The summed E-state index contributed by atoms with van der Waals surface area (Å²) < 4.78 is 0. The van der Waals surface area contributed by atoms with E-state index in [1.807, 2.05) is 18.2 Å². The Morgan fingerprint density at radius 3 is 2.53 bits per heavy atom. The summed E-state index contributed by atoms with van der Waals surface area (Å²) in [4.78, 5) is 19.1. The number of carboxylic acids is 1. The number of benzene rings is 1. The Morgan fingerprint density at radius 2 is 2.03 bits per heavy atom. The lowest BCUT2D eigenvalue weighted by atomic mass is 9.65. The van der Waals surface area contributed by atoms with Crippen molar-refractivity contribution in [3.63, 3.8) is 0 Å². The minimum atomic E-state index is -0.828. The Hall–Kier alpha value is -3.07. The molecule has 0 bridgehead atoms. The number of aliphatic carboxylic acids is 1. The fourth-order valence-corrected chi connectivity index (χ4v) is 4.10. The van der Waals surface area contributed by atoms with Gasteiger partial charge in [-0.2, -0.15) is 5.26 Å². The topological polar surface area (TPSA) is 89.2 Å². The maximum Gasteiger partial charge on any atom is 0.314 e. The highest BCUT2D eigenvalue weighted by Crippen LogP contribution is 2.46. The molecule has 1 heterocycles. The second kappa shape index (κ2) is 7.98. The summed E-state index contributed by atoms with van der Waals surface area (Å²) in [6, 6.07) is 11.7. The van der Waals surface area contributed by atoms with Crippen LogP contribution in [0.5, 0.6) is 0 Å². The van der Waals surface area contributed by atoms with E-state index >= 15 is 0 Å². The Labute approximate surface area is 177 Å². The van der Waals surface area contributed by atoms with Crippen molar-refractivity contribution in [2.75, 3.05) is 16.8 Å². The normalized spacial score (nSPS) is 17.1. The molecular formula is C24H28N4O2. The molecule has 0 aliphatic heterocycles. The molecule has 0 amide bonds. The van der Waals surface area contributed by atoms with Crippen LogP contribution < -0.4 is 10.2 Å². The quantitative estimate of drug-likeness (QED) is 0.655. The van der Waals surface area contributed by atoms with E-state index in [1.54, 1.807) is 18.3 Å². The third-order valence-corrected chi connectivity index (χ3v) is 6.38. The van der Waals surface area contributed by atoms with Crippen LogP contribution in [0.1, 0.15) is 57.1 Å². The van der Waals surface area contributed by atoms with Gasteiger partial charge in [-0.3, -0.25) is 4.79 Å². The van der Waals surface area contributed by atoms with Crippen LogP contribution in [-0.4, -0.2) is 28.6 Å². The van der Waals surface area contributed by atoms with Gasteiger partial charge in [0.15, 0.2) is 5.82 Å². The number of nitrogens with zero attached hydrogens (tertiary/aromatic N) is 3. The minimum absolute atomic E-state index is 0.280. The zero-order valence-electron chi connectivity index (χ0n) is 17.6. The van der Waals surface area contributed by atoms with Crippen molar-refractivity contribution in [3.05, 3.63) is 47.7 Å². The molecule has 0 saturated heterocycles. The summed E-state index contributed by atoms with van der Waals surface area (Å²) in [7, 11) is 0. The summed E-state index contributed by atoms with van der Waals surface area (Å²) in [6.45, 7) is 5.28. The summed E-state index contributed by atoms with van der Waals surface area (Å²) in [5, 5.41) is 22.4. The maximum absolute atomic E-state index is 12.0. The average Bonchev–Trinajstić information content (AvgIpc) is 3.50. The molecule has 0 spiro atoms. The summed E-state index contributed by atoms with van der Waals surface area (Å²) in [5.41, 5.74) is 2.20. The van der Waals surface area contributed by atoms with Crippen LogP contribution >= 0.6 is 0 Å². The van der Waals surface area contributed by atoms with Crippen LogP contribution in [-0.2, 0) is 10.2 Å². The molecular weight excluding hydrogens is 376 g/mol. The highest BCUT2D eigenvalue weighted by Gasteiger charge is 2.46. The van der Waals surface area contributed by atoms with E-state index in [9.17, 15) is 9.90 Å². The minimum Gasteiger partial charge on any atom is -0.481 e. The molecule has 4 rings (SSSR count). The molecule has 0 unspecified atom stereocenters. The van der Waals surface area contributed by atoms with Crippen LogP contribution in [0.25, 0.3) is 0 Å². The van der Waals surface area contributed by atoms with Crippen molar-refractivity contribution in [3.8, 4) is 6.07 Å². The van der Waals surface area contributed by atoms with Gasteiger partial charge in [0.25, 0.3) is 0 Å². The lowest BCUT2D eigenvalue weighted by Crippen LogP contribution is -2.42. The second-order valence-corrected chi connectivity index (χ2v) is 8.84. The van der Waals surface area contributed by atoms with Crippen molar-refractivity contribution >= 4 is 23.2 Å². The number of pyridine rings is 1. The highest BCUT2D eigenvalue weighted by atomic mass is 16.4. The number of nitrogens with one attached hydrogen (secondary N) is 1. The molecule has 2 aliphatic rings. The van der Waals surface area contributed by atoms with Gasteiger partial charge in [0.05, 0.1) is 22.7 Å². The smallest absolute Gasteiger partial charge is 0.314 e. The third-order valence-electron chi connectivity index (χ3n) is 6.38. The molecule has 0 atom stereocenters. The Balaban J connectivity index is 1.74. The monoisotopic (exact) mass is 404 g/mol. The van der Waals surface area contributed by atoms with Crippen molar-refractivity contribution in [1.82, 2.24) is 4.98 Å². The Kier molecular flexibility index (Phi) is 5.38. The number of anilines is 3. The van der Waals surface area contributed by atoms with Crippen LogP contribution in [0.3, 0.4) is 0 Å². The van der Waals surface area contributed by atoms with Gasteiger partial charge in [0.1, 0.15) is 0 Å². The van der Waals surface area contributed by atoms with E-state index < -0.39 is 11.4 Å². The Bertz CT molecular complexity index is 970. The first kappa shape index (κ1) is 20.2. The largest absolute Gasteiger partial charge is 0.481 e. The van der Waals surface area contributed by atoms with E-state index in [2.05, 4.69) is 30.1 Å². The fraction of sp³-hybridized carbons (Fsp3) is 0.458. The first-order valence-electron chi connectivity index (χ1n) is 10.7. The number of rotatable bonds is 8. The third kappa shape index (κ3) is 3.85. The lowest BCUT2D eigenvalue weighted by molar-refractivity contribution is -0.147. The molecule has 1 aromatic heterocycles. The van der Waals surface area contributed by atoms with E-state index in [0.29, 0.717) is 24.3 Å². The van der Waals surface area contributed by atoms with Gasteiger partial charge in [-0.15, -0.1) is 0 Å². The first-order valence-corrected chi connectivity index (χ1v) is 10.7. The zero-order valence-corrected chi connectivity index (χ0v) is 17.6. The lowest BCUT2D eigenvalue weighted by Gasteiger charge is -2.38. The fourth-order valence-electron chi connectivity index (χ4n) is 4.10. The number of hydrogen-bond acceptors (Lipinski definition) is 5. The summed E-state index contributed by atoms with van der Waals surface area (Å²) in [5.74, 6) is 0.782. The molecule has 2 aromatic rings. The number of nitriles is 1. The van der Waals surface area contributed by atoms with Crippen molar-refractivity contribution < 1.29 is 9.90 Å². The van der Waals surface area contributed by atoms with Gasteiger partial charge in [-0.05, 0) is 81.3 Å². The van der Waals surface area contributed by atoms with E-state index in [0.717, 1.165) is 35.7 Å². The molecule has 2 N–H and O–H groups in total. The second-order valence-electron chi connectivity index (χ2n) is 8.84. The number of carboxylic acid groups (broad SMARTS) is 1. The summed E-state index contributed by atoms with van der Waals surface area (Å²) >= 11 is 0. The van der Waals surface area contributed by atoms with E-state index in [4.69, 9.17) is 10.2 Å². The predicted octanol–water partition coefficient (Wildman–Crippen LogP) is 4.83. The van der Waals surface area contributed by atoms with Crippen LogP contribution in [0.15, 0.2) is 36.5 Å². The van der Waals surface area contributed by atoms with Gasteiger partial charge >= 0.3 is 5.97 Å². The predicted molar refractivity (Wildman–Crippen MR) is 117 cm³/mol. The zero-order chi connectivity index (χ0) is 21.3. The van der Waals surface area contributed by atoms with Crippen LogP contribution in [0.2, 0.25) is 0 Å². The molecule has 156 valence electrons. The van der Waals surface area contributed by atoms with Gasteiger partial charge < -0.3 is 15.3 Å². The van der Waals surface area contributed by atoms with E-state index in [-0.39, 0.29) is 6.04 Å². The first-order chi connectivity index (χ1) is 14.4. The molecule has 6 heteroatoms. The summed E-state index contributed by atoms with van der Waals surface area (Å²) in [6.07, 6.45) is 6.48. The molecule has 2 saturated carbocycles. The molecule has 1 aromatic carbocycles. The molecule has 2 fully saturated rings. The molecule has 6 nitrogen and oxygen atoms in total. The maximum atomic E-state index is 12.0.